The number of carbonyl (C=O) groups excluding carboxylic acids is 1. The minimum Gasteiger partial charge on any atom is -0.383 e. The fourth-order valence-corrected chi connectivity index (χ4v) is 4.40. The molecule has 3 aromatic rings. The van der Waals surface area contributed by atoms with Crippen LogP contribution in [0.5, 0.6) is 0 Å². The SMILES string of the molecule is Nc1nc2c(cc1C(=O)N1CCN(Cc3cc4ccccc4[nH]3)CC1)CCC2. The summed E-state index contributed by atoms with van der Waals surface area (Å²) in [6.45, 7) is 4.03. The fraction of sp³-hybridized carbons (Fsp3) is 0.364. The van der Waals surface area contributed by atoms with Crippen molar-refractivity contribution in [2.75, 3.05) is 31.9 Å². The van der Waals surface area contributed by atoms with Gasteiger partial charge in [-0.3, -0.25) is 9.69 Å². The zero-order valence-electron chi connectivity index (χ0n) is 15.9. The van der Waals surface area contributed by atoms with Gasteiger partial charge in [-0.2, -0.15) is 0 Å². The molecule has 0 saturated carbocycles. The molecule has 5 rings (SSSR count). The van der Waals surface area contributed by atoms with Gasteiger partial charge >= 0.3 is 0 Å². The van der Waals surface area contributed by atoms with Crippen LogP contribution in [0, 0.1) is 0 Å². The predicted octanol–water partition coefficient (Wildman–Crippen LogP) is 2.59. The number of rotatable bonds is 3. The van der Waals surface area contributed by atoms with Crippen molar-refractivity contribution in [2.45, 2.75) is 25.8 Å². The van der Waals surface area contributed by atoms with E-state index in [1.807, 2.05) is 17.0 Å². The molecule has 1 saturated heterocycles. The van der Waals surface area contributed by atoms with Crippen LogP contribution in [0.2, 0.25) is 0 Å². The molecule has 6 nitrogen and oxygen atoms in total. The number of nitrogen functional groups attached to an aromatic ring is 1. The number of hydrogen-bond donors (Lipinski definition) is 2. The lowest BCUT2D eigenvalue weighted by atomic mass is 10.1. The lowest BCUT2D eigenvalue weighted by Gasteiger charge is -2.34. The van der Waals surface area contributed by atoms with E-state index in [0.29, 0.717) is 11.4 Å². The fourth-order valence-electron chi connectivity index (χ4n) is 4.40. The van der Waals surface area contributed by atoms with Gasteiger partial charge in [-0.15, -0.1) is 0 Å². The molecule has 2 aromatic heterocycles. The summed E-state index contributed by atoms with van der Waals surface area (Å²) >= 11 is 0. The molecule has 144 valence electrons. The van der Waals surface area contributed by atoms with E-state index in [1.54, 1.807) is 0 Å². The molecule has 3 N–H and O–H groups in total. The van der Waals surface area contributed by atoms with Gasteiger partial charge in [0.25, 0.3) is 5.91 Å². The number of hydrogen-bond acceptors (Lipinski definition) is 4. The van der Waals surface area contributed by atoms with Gasteiger partial charge in [0, 0.05) is 49.6 Å². The summed E-state index contributed by atoms with van der Waals surface area (Å²) in [5.74, 6) is 0.399. The van der Waals surface area contributed by atoms with Gasteiger partial charge < -0.3 is 15.6 Å². The predicted molar refractivity (Wildman–Crippen MR) is 110 cm³/mol. The van der Waals surface area contributed by atoms with Crippen LogP contribution in [0.1, 0.15) is 33.7 Å². The molecule has 1 amide bonds. The third kappa shape index (κ3) is 3.14. The minimum absolute atomic E-state index is 0.0185. The Morgan fingerprint density at radius 1 is 1.11 bits per heavy atom. The minimum atomic E-state index is 0.0185. The van der Waals surface area contributed by atoms with E-state index in [9.17, 15) is 4.79 Å². The molecule has 6 heteroatoms. The normalized spacial score (nSPS) is 17.2. The molecule has 2 aliphatic rings. The van der Waals surface area contributed by atoms with Gasteiger partial charge in [-0.05, 0) is 48.4 Å². The average molecular weight is 375 g/mol. The highest BCUT2D eigenvalue weighted by Gasteiger charge is 2.26. The highest BCUT2D eigenvalue weighted by atomic mass is 16.2. The molecule has 0 atom stereocenters. The Hall–Kier alpha value is -2.86. The first-order valence-corrected chi connectivity index (χ1v) is 10.0. The summed E-state index contributed by atoms with van der Waals surface area (Å²) in [5, 5.41) is 1.24. The van der Waals surface area contributed by atoms with E-state index in [4.69, 9.17) is 5.73 Å². The molecule has 1 aliphatic carbocycles. The van der Waals surface area contributed by atoms with Crippen LogP contribution in [0.25, 0.3) is 10.9 Å². The lowest BCUT2D eigenvalue weighted by molar-refractivity contribution is 0.0628. The smallest absolute Gasteiger partial charge is 0.257 e. The topological polar surface area (TPSA) is 78.2 Å². The van der Waals surface area contributed by atoms with Crippen molar-refractivity contribution in [3.05, 3.63) is 58.9 Å². The average Bonchev–Trinajstić information content (AvgIpc) is 3.33. The Bertz CT molecular complexity index is 1000. The Morgan fingerprint density at radius 2 is 1.93 bits per heavy atom. The molecule has 0 radical (unpaired) electrons. The first kappa shape index (κ1) is 17.3. The Labute approximate surface area is 164 Å². The summed E-state index contributed by atoms with van der Waals surface area (Å²) in [6.07, 6.45) is 3.08. The highest BCUT2D eigenvalue weighted by molar-refractivity contribution is 5.98. The van der Waals surface area contributed by atoms with Gasteiger partial charge in [0.2, 0.25) is 0 Å². The molecule has 28 heavy (non-hydrogen) atoms. The van der Waals surface area contributed by atoms with E-state index in [-0.39, 0.29) is 5.91 Å². The van der Waals surface area contributed by atoms with Crippen LogP contribution in [0.4, 0.5) is 5.82 Å². The summed E-state index contributed by atoms with van der Waals surface area (Å²) in [7, 11) is 0. The van der Waals surface area contributed by atoms with Gasteiger partial charge in [-0.1, -0.05) is 18.2 Å². The van der Waals surface area contributed by atoms with Gasteiger partial charge in [0.05, 0.1) is 5.56 Å². The highest BCUT2D eigenvalue weighted by Crippen LogP contribution is 2.25. The number of para-hydroxylation sites is 1. The molecular weight excluding hydrogens is 350 g/mol. The Kier molecular flexibility index (Phi) is 4.28. The number of anilines is 1. The van der Waals surface area contributed by atoms with Crippen molar-refractivity contribution in [2.24, 2.45) is 0 Å². The summed E-state index contributed by atoms with van der Waals surface area (Å²) in [5.41, 5.74) is 11.3. The number of aryl methyl sites for hydroxylation is 2. The lowest BCUT2D eigenvalue weighted by Crippen LogP contribution is -2.48. The quantitative estimate of drug-likeness (QED) is 0.738. The van der Waals surface area contributed by atoms with Gasteiger partial charge in [0.15, 0.2) is 0 Å². The number of fused-ring (bicyclic) bond motifs is 2. The number of carbonyl (C=O) groups is 1. The molecule has 1 aliphatic heterocycles. The number of H-pyrrole nitrogens is 1. The second-order valence-corrected chi connectivity index (χ2v) is 7.83. The van der Waals surface area contributed by atoms with Crippen molar-refractivity contribution in [1.82, 2.24) is 19.8 Å². The number of aromatic nitrogens is 2. The number of pyridine rings is 1. The maximum atomic E-state index is 13.0. The summed E-state index contributed by atoms with van der Waals surface area (Å²) in [6, 6.07) is 12.5. The van der Waals surface area contributed by atoms with Gasteiger partial charge in [0.1, 0.15) is 5.82 Å². The number of benzene rings is 1. The zero-order valence-corrected chi connectivity index (χ0v) is 15.9. The third-order valence-electron chi connectivity index (χ3n) is 5.95. The summed E-state index contributed by atoms with van der Waals surface area (Å²) in [4.78, 5) is 25.2. The van der Waals surface area contributed by atoms with Crippen LogP contribution < -0.4 is 5.73 Å². The largest absolute Gasteiger partial charge is 0.383 e. The van der Waals surface area contributed by atoms with Crippen molar-refractivity contribution in [3.63, 3.8) is 0 Å². The second kappa shape index (κ2) is 6.95. The van der Waals surface area contributed by atoms with Crippen LogP contribution in [0.15, 0.2) is 36.4 Å². The maximum absolute atomic E-state index is 13.0. The number of nitrogens with zero attached hydrogens (tertiary/aromatic N) is 3. The molecule has 1 fully saturated rings. The number of nitrogens with two attached hydrogens (primary N) is 1. The standard InChI is InChI=1S/C22H25N5O/c23-21-18(13-16-5-3-7-20(16)25-21)22(28)27-10-8-26(9-11-27)14-17-12-15-4-1-2-6-19(15)24-17/h1-2,4,6,12-13,24H,3,5,7-11,14H2,(H2,23,25). The molecule has 3 heterocycles. The van der Waals surface area contributed by atoms with E-state index < -0.39 is 0 Å². The molecule has 1 aromatic carbocycles. The first-order valence-electron chi connectivity index (χ1n) is 10.0. The van der Waals surface area contributed by atoms with Crippen molar-refractivity contribution in [3.8, 4) is 0 Å². The molecule has 0 spiro atoms. The van der Waals surface area contributed by atoms with Crippen molar-refractivity contribution in [1.29, 1.82) is 0 Å². The second-order valence-electron chi connectivity index (χ2n) is 7.83. The number of nitrogens with one attached hydrogen (secondary N) is 1. The van der Waals surface area contributed by atoms with Gasteiger partial charge in [-0.25, -0.2) is 4.98 Å². The number of aromatic amines is 1. The molecular formula is C22H25N5O. The molecule has 0 bridgehead atoms. The van der Waals surface area contributed by atoms with E-state index in [0.717, 1.165) is 57.7 Å². The Balaban J connectivity index is 1.24. The first-order chi connectivity index (χ1) is 13.7. The van der Waals surface area contributed by atoms with Crippen LogP contribution >= 0.6 is 0 Å². The third-order valence-corrected chi connectivity index (χ3v) is 5.95. The maximum Gasteiger partial charge on any atom is 0.257 e. The molecule has 0 unspecified atom stereocenters. The Morgan fingerprint density at radius 3 is 2.75 bits per heavy atom. The monoisotopic (exact) mass is 375 g/mol. The van der Waals surface area contributed by atoms with Crippen LogP contribution in [-0.4, -0.2) is 51.9 Å². The van der Waals surface area contributed by atoms with E-state index in [2.05, 4.69) is 39.1 Å². The summed E-state index contributed by atoms with van der Waals surface area (Å²) < 4.78 is 0. The van der Waals surface area contributed by atoms with Crippen LogP contribution in [0.3, 0.4) is 0 Å². The van der Waals surface area contributed by atoms with E-state index in [1.165, 1.54) is 22.2 Å². The zero-order chi connectivity index (χ0) is 19.1. The van der Waals surface area contributed by atoms with Crippen molar-refractivity contribution < 1.29 is 4.79 Å². The number of piperazine rings is 1. The van der Waals surface area contributed by atoms with Crippen molar-refractivity contribution >= 4 is 22.6 Å². The van der Waals surface area contributed by atoms with E-state index >= 15 is 0 Å². The van der Waals surface area contributed by atoms with Crippen LogP contribution in [-0.2, 0) is 19.4 Å². The number of amides is 1.